The first-order chi connectivity index (χ1) is 11.7. The highest BCUT2D eigenvalue weighted by molar-refractivity contribution is 5.88. The SMILES string of the molecule is CC(C(=O)CC#N)c1ccc(-c2c(O)c(O)c(O)c(O)c2O)c(F)c1. The Balaban J connectivity index is 2.58. The second-order valence-electron chi connectivity index (χ2n) is 5.38. The Morgan fingerprint density at radius 1 is 1.08 bits per heavy atom. The van der Waals surface area contributed by atoms with E-state index in [0.717, 1.165) is 12.1 Å². The highest BCUT2D eigenvalue weighted by Crippen LogP contribution is 2.55. The van der Waals surface area contributed by atoms with Crippen LogP contribution in [0.5, 0.6) is 28.7 Å². The van der Waals surface area contributed by atoms with Gasteiger partial charge in [0.15, 0.2) is 17.3 Å². The molecule has 0 fully saturated rings. The Morgan fingerprint density at radius 2 is 1.60 bits per heavy atom. The molecule has 2 rings (SSSR count). The summed E-state index contributed by atoms with van der Waals surface area (Å²) in [6.45, 7) is 1.50. The Hall–Kier alpha value is -3.47. The number of carbonyl (C=O) groups is 1. The van der Waals surface area contributed by atoms with Crippen LogP contribution in [-0.4, -0.2) is 31.3 Å². The number of phenolic OH excluding ortho intramolecular Hbond substituents is 5. The molecule has 130 valence electrons. The average molecular weight is 347 g/mol. The third-order valence-electron chi connectivity index (χ3n) is 3.87. The molecule has 8 heteroatoms. The molecule has 0 saturated heterocycles. The highest BCUT2D eigenvalue weighted by atomic mass is 19.1. The van der Waals surface area contributed by atoms with Crippen LogP contribution in [0.3, 0.4) is 0 Å². The van der Waals surface area contributed by atoms with Crippen LogP contribution in [0, 0.1) is 17.1 Å². The number of Topliss-reactive ketones (excluding diaryl/α,β-unsaturated/α-hetero) is 1. The number of rotatable bonds is 4. The van der Waals surface area contributed by atoms with Gasteiger partial charge in [-0.25, -0.2) is 4.39 Å². The molecule has 0 bridgehead atoms. The van der Waals surface area contributed by atoms with Crippen LogP contribution in [0.25, 0.3) is 11.1 Å². The molecule has 7 nitrogen and oxygen atoms in total. The molecule has 0 aromatic heterocycles. The molecule has 0 spiro atoms. The molecule has 0 aliphatic carbocycles. The van der Waals surface area contributed by atoms with Gasteiger partial charge in [-0.05, 0) is 11.6 Å². The van der Waals surface area contributed by atoms with Crippen molar-refractivity contribution in [3.05, 3.63) is 29.6 Å². The molecule has 0 heterocycles. The lowest BCUT2D eigenvalue weighted by atomic mass is 9.92. The fourth-order valence-electron chi connectivity index (χ4n) is 2.36. The third kappa shape index (κ3) is 2.99. The Kier molecular flexibility index (Phi) is 4.70. The Bertz CT molecular complexity index is 874. The normalized spacial score (nSPS) is 11.7. The summed E-state index contributed by atoms with van der Waals surface area (Å²) in [5.74, 6) is -7.53. The van der Waals surface area contributed by atoms with Gasteiger partial charge in [-0.15, -0.1) is 0 Å². The number of phenols is 5. The molecule has 0 aliphatic heterocycles. The van der Waals surface area contributed by atoms with Crippen molar-refractivity contribution in [1.29, 1.82) is 5.26 Å². The number of hydrogen-bond acceptors (Lipinski definition) is 7. The number of carbonyl (C=O) groups excluding carboxylic acids is 1. The van der Waals surface area contributed by atoms with Crippen LogP contribution in [0.1, 0.15) is 24.8 Å². The van der Waals surface area contributed by atoms with Crippen LogP contribution < -0.4 is 0 Å². The second-order valence-corrected chi connectivity index (χ2v) is 5.38. The maximum atomic E-state index is 14.4. The van der Waals surface area contributed by atoms with Crippen LogP contribution in [0.4, 0.5) is 4.39 Å². The van der Waals surface area contributed by atoms with Crippen molar-refractivity contribution >= 4 is 5.78 Å². The number of benzene rings is 2. The van der Waals surface area contributed by atoms with E-state index < -0.39 is 51.8 Å². The molecule has 2 aromatic rings. The fourth-order valence-corrected chi connectivity index (χ4v) is 2.36. The van der Waals surface area contributed by atoms with Crippen molar-refractivity contribution in [3.63, 3.8) is 0 Å². The maximum Gasteiger partial charge on any atom is 0.208 e. The maximum absolute atomic E-state index is 14.4. The van der Waals surface area contributed by atoms with Gasteiger partial charge in [-0.3, -0.25) is 4.79 Å². The van der Waals surface area contributed by atoms with Crippen molar-refractivity contribution in [3.8, 4) is 45.9 Å². The van der Waals surface area contributed by atoms with E-state index in [1.165, 1.54) is 13.0 Å². The molecule has 25 heavy (non-hydrogen) atoms. The lowest BCUT2D eigenvalue weighted by Gasteiger charge is -2.15. The van der Waals surface area contributed by atoms with E-state index in [4.69, 9.17) is 5.26 Å². The van der Waals surface area contributed by atoms with Crippen molar-refractivity contribution in [2.45, 2.75) is 19.3 Å². The number of nitrogens with zero attached hydrogens (tertiary/aromatic N) is 1. The summed E-state index contributed by atoms with van der Waals surface area (Å²) in [7, 11) is 0. The number of halogens is 1. The van der Waals surface area contributed by atoms with Crippen LogP contribution in [0.15, 0.2) is 18.2 Å². The summed E-state index contributed by atoms with van der Waals surface area (Å²) < 4.78 is 14.4. The van der Waals surface area contributed by atoms with Gasteiger partial charge in [-0.1, -0.05) is 19.1 Å². The molecule has 0 radical (unpaired) electrons. The predicted molar refractivity (Wildman–Crippen MR) is 83.8 cm³/mol. The number of hydrogen-bond donors (Lipinski definition) is 5. The van der Waals surface area contributed by atoms with Gasteiger partial charge in [0, 0.05) is 11.5 Å². The standard InChI is InChI=1S/C17H14FNO6/c1-7(11(20)4-5-19)8-2-3-9(10(18)6-8)12-13(21)15(23)17(25)16(24)14(12)22/h2-3,6-7,21-25H,4H2,1H3. The van der Waals surface area contributed by atoms with Gasteiger partial charge in [0.2, 0.25) is 17.2 Å². The van der Waals surface area contributed by atoms with Crippen molar-refractivity contribution in [1.82, 2.24) is 0 Å². The summed E-state index contributed by atoms with van der Waals surface area (Å²) in [6, 6.07) is 5.17. The van der Waals surface area contributed by atoms with Gasteiger partial charge in [0.25, 0.3) is 0 Å². The first kappa shape index (κ1) is 17.9. The van der Waals surface area contributed by atoms with Gasteiger partial charge < -0.3 is 25.5 Å². The number of ketones is 1. The monoisotopic (exact) mass is 347 g/mol. The zero-order valence-electron chi connectivity index (χ0n) is 13.0. The minimum absolute atomic E-state index is 0.271. The average Bonchev–Trinajstić information content (AvgIpc) is 2.59. The summed E-state index contributed by atoms with van der Waals surface area (Å²) in [6.07, 6.45) is -0.328. The molecule has 1 atom stereocenters. The van der Waals surface area contributed by atoms with Gasteiger partial charge in [-0.2, -0.15) is 5.26 Å². The van der Waals surface area contributed by atoms with Crippen LogP contribution in [0.2, 0.25) is 0 Å². The molecule has 0 amide bonds. The molecule has 0 saturated carbocycles. The molecule has 1 unspecified atom stereocenters. The molecular formula is C17H14FNO6. The van der Waals surface area contributed by atoms with Crippen molar-refractivity contribution in [2.24, 2.45) is 0 Å². The molecule has 2 aromatic carbocycles. The molecule has 0 aliphatic rings. The predicted octanol–water partition coefficient (Wildman–Crippen LogP) is 2.61. The van der Waals surface area contributed by atoms with Gasteiger partial charge in [0.05, 0.1) is 18.1 Å². The van der Waals surface area contributed by atoms with E-state index in [9.17, 15) is 34.7 Å². The molecule has 5 N–H and O–H groups in total. The van der Waals surface area contributed by atoms with E-state index in [1.807, 2.05) is 0 Å². The first-order valence-electron chi connectivity index (χ1n) is 7.08. The zero-order valence-corrected chi connectivity index (χ0v) is 13.0. The third-order valence-corrected chi connectivity index (χ3v) is 3.87. The fraction of sp³-hybridized carbons (Fsp3) is 0.176. The van der Waals surface area contributed by atoms with Gasteiger partial charge in [0.1, 0.15) is 5.82 Å². The summed E-state index contributed by atoms with van der Waals surface area (Å²) in [5.41, 5.74) is -0.718. The van der Waals surface area contributed by atoms with Gasteiger partial charge >= 0.3 is 0 Å². The van der Waals surface area contributed by atoms with E-state index in [1.54, 1.807) is 6.07 Å². The number of nitriles is 1. The quantitative estimate of drug-likeness (QED) is 0.422. The Morgan fingerprint density at radius 3 is 2.08 bits per heavy atom. The highest BCUT2D eigenvalue weighted by Gasteiger charge is 2.26. The summed E-state index contributed by atoms with van der Waals surface area (Å²) in [4.78, 5) is 11.7. The summed E-state index contributed by atoms with van der Waals surface area (Å²) in [5, 5.41) is 56.7. The zero-order chi connectivity index (χ0) is 18.9. The van der Waals surface area contributed by atoms with Crippen LogP contribution in [-0.2, 0) is 4.79 Å². The first-order valence-corrected chi connectivity index (χ1v) is 7.08. The minimum atomic E-state index is -1.15. The number of aromatic hydroxyl groups is 5. The van der Waals surface area contributed by atoms with E-state index in [2.05, 4.69) is 0 Å². The van der Waals surface area contributed by atoms with E-state index in [-0.39, 0.29) is 17.5 Å². The minimum Gasteiger partial charge on any atom is -0.504 e. The van der Waals surface area contributed by atoms with E-state index in [0.29, 0.717) is 0 Å². The van der Waals surface area contributed by atoms with Crippen LogP contribution >= 0.6 is 0 Å². The Labute approximate surface area is 141 Å². The summed E-state index contributed by atoms with van der Waals surface area (Å²) >= 11 is 0. The smallest absolute Gasteiger partial charge is 0.208 e. The largest absolute Gasteiger partial charge is 0.504 e. The van der Waals surface area contributed by atoms with Crippen molar-refractivity contribution in [2.75, 3.05) is 0 Å². The second kappa shape index (κ2) is 6.57. The molecular weight excluding hydrogens is 333 g/mol. The lowest BCUT2D eigenvalue weighted by Crippen LogP contribution is -2.08. The topological polar surface area (TPSA) is 142 Å². The lowest BCUT2D eigenvalue weighted by molar-refractivity contribution is -0.119. The van der Waals surface area contributed by atoms with E-state index >= 15 is 0 Å². The van der Waals surface area contributed by atoms with Crippen molar-refractivity contribution < 1.29 is 34.7 Å².